The third-order valence-corrected chi connectivity index (χ3v) is 5.14. The molecule has 2 aromatic heterocycles. The lowest BCUT2D eigenvalue weighted by Crippen LogP contribution is -2.23. The number of hydrogen-bond donors (Lipinski definition) is 1. The minimum absolute atomic E-state index is 0.169. The number of fused-ring (bicyclic) bond motifs is 1. The molecule has 0 aliphatic carbocycles. The molecular formula is C22H21N3O4. The van der Waals surface area contributed by atoms with Crippen LogP contribution < -0.4 is 15.6 Å². The Morgan fingerprint density at radius 2 is 1.83 bits per heavy atom. The van der Waals surface area contributed by atoms with Gasteiger partial charge < -0.3 is 14.5 Å². The van der Waals surface area contributed by atoms with E-state index in [1.165, 1.54) is 4.68 Å². The van der Waals surface area contributed by atoms with Crippen LogP contribution in [0, 0.1) is 13.8 Å². The van der Waals surface area contributed by atoms with Crippen LogP contribution in [0.15, 0.2) is 57.7 Å². The van der Waals surface area contributed by atoms with Gasteiger partial charge in [0.05, 0.1) is 18.5 Å². The maximum atomic E-state index is 13.0. The van der Waals surface area contributed by atoms with Crippen molar-refractivity contribution in [2.75, 3.05) is 12.4 Å². The van der Waals surface area contributed by atoms with E-state index in [2.05, 4.69) is 5.32 Å². The van der Waals surface area contributed by atoms with Crippen LogP contribution in [0.2, 0.25) is 0 Å². The zero-order chi connectivity index (χ0) is 20.7. The third-order valence-electron chi connectivity index (χ3n) is 5.14. The molecular weight excluding hydrogens is 370 g/mol. The summed E-state index contributed by atoms with van der Waals surface area (Å²) in [5.41, 5.74) is 2.55. The maximum Gasteiger partial charge on any atom is 0.295 e. The number of aryl methyl sites for hydroxylation is 1. The topological polar surface area (TPSA) is 78.4 Å². The lowest BCUT2D eigenvalue weighted by molar-refractivity contribution is 0.0997. The standard InChI is InChI=1S/C22H21N3O4/c1-13-17-12-16(28-4)10-11-18(17)29-20(13)21(26)23-19-14(2)24(3)25(22(19)27)15-8-6-5-7-9-15/h5-12H,1-4H3,(H,23,26). The van der Waals surface area contributed by atoms with Gasteiger partial charge in [0.1, 0.15) is 17.0 Å². The highest BCUT2D eigenvalue weighted by atomic mass is 16.5. The number of anilines is 1. The van der Waals surface area contributed by atoms with E-state index < -0.39 is 5.91 Å². The van der Waals surface area contributed by atoms with Gasteiger partial charge in [-0.05, 0) is 44.2 Å². The molecule has 0 saturated heterocycles. The number of hydrogen-bond acceptors (Lipinski definition) is 4. The summed E-state index contributed by atoms with van der Waals surface area (Å²) in [6, 6.07) is 14.6. The van der Waals surface area contributed by atoms with E-state index in [1.807, 2.05) is 36.4 Å². The van der Waals surface area contributed by atoms with E-state index in [9.17, 15) is 9.59 Å². The Labute approximate surface area is 167 Å². The molecule has 29 heavy (non-hydrogen) atoms. The van der Waals surface area contributed by atoms with Crippen LogP contribution in [0.3, 0.4) is 0 Å². The summed E-state index contributed by atoms with van der Waals surface area (Å²) in [6.45, 7) is 3.59. The normalized spacial score (nSPS) is 11.0. The van der Waals surface area contributed by atoms with Gasteiger partial charge in [-0.15, -0.1) is 0 Å². The van der Waals surface area contributed by atoms with E-state index in [4.69, 9.17) is 9.15 Å². The van der Waals surface area contributed by atoms with Crippen LogP contribution in [0.25, 0.3) is 16.7 Å². The van der Waals surface area contributed by atoms with Crippen molar-refractivity contribution in [1.82, 2.24) is 9.36 Å². The number of amides is 1. The predicted molar refractivity (Wildman–Crippen MR) is 111 cm³/mol. The zero-order valence-corrected chi connectivity index (χ0v) is 16.6. The Morgan fingerprint density at radius 1 is 1.10 bits per heavy atom. The molecule has 1 N–H and O–H groups in total. The van der Waals surface area contributed by atoms with Crippen LogP contribution in [0.4, 0.5) is 5.69 Å². The lowest BCUT2D eigenvalue weighted by atomic mass is 10.1. The van der Waals surface area contributed by atoms with Crippen molar-refractivity contribution in [3.63, 3.8) is 0 Å². The fourth-order valence-corrected chi connectivity index (χ4v) is 3.43. The Balaban J connectivity index is 1.74. The molecule has 0 radical (unpaired) electrons. The summed E-state index contributed by atoms with van der Waals surface area (Å²) in [5, 5.41) is 3.53. The van der Waals surface area contributed by atoms with Gasteiger partial charge in [-0.25, -0.2) is 4.68 Å². The van der Waals surface area contributed by atoms with Crippen molar-refractivity contribution < 1.29 is 13.9 Å². The number of ether oxygens (including phenoxy) is 1. The highest BCUT2D eigenvalue weighted by Gasteiger charge is 2.23. The Morgan fingerprint density at radius 3 is 2.52 bits per heavy atom. The fourth-order valence-electron chi connectivity index (χ4n) is 3.43. The first kappa shape index (κ1) is 18.6. The summed E-state index contributed by atoms with van der Waals surface area (Å²) in [4.78, 5) is 25.9. The Kier molecular flexibility index (Phi) is 4.50. The smallest absolute Gasteiger partial charge is 0.295 e. The van der Waals surface area contributed by atoms with Crippen LogP contribution in [-0.2, 0) is 7.05 Å². The summed E-state index contributed by atoms with van der Waals surface area (Å²) in [7, 11) is 3.36. The second-order valence-electron chi connectivity index (χ2n) is 6.81. The molecule has 2 aromatic carbocycles. The largest absolute Gasteiger partial charge is 0.497 e. The van der Waals surface area contributed by atoms with Crippen molar-refractivity contribution in [2.45, 2.75) is 13.8 Å². The van der Waals surface area contributed by atoms with Crippen LogP contribution in [-0.4, -0.2) is 22.4 Å². The lowest BCUT2D eigenvalue weighted by Gasteiger charge is -2.07. The monoisotopic (exact) mass is 391 g/mol. The number of furan rings is 1. The summed E-state index contributed by atoms with van der Waals surface area (Å²) < 4.78 is 14.2. The van der Waals surface area contributed by atoms with Crippen molar-refractivity contribution in [3.05, 3.63) is 75.9 Å². The number of carbonyl (C=O) groups excluding carboxylic acids is 1. The summed E-state index contributed by atoms with van der Waals surface area (Å²) in [6.07, 6.45) is 0. The van der Waals surface area contributed by atoms with Gasteiger partial charge in [-0.3, -0.25) is 14.3 Å². The van der Waals surface area contributed by atoms with Crippen molar-refractivity contribution in [1.29, 1.82) is 0 Å². The average molecular weight is 391 g/mol. The first-order valence-electron chi connectivity index (χ1n) is 9.15. The molecule has 7 heteroatoms. The number of nitrogens with zero attached hydrogens (tertiary/aromatic N) is 2. The van der Waals surface area contributed by atoms with Crippen molar-refractivity contribution in [3.8, 4) is 11.4 Å². The highest BCUT2D eigenvalue weighted by Crippen LogP contribution is 2.29. The molecule has 0 atom stereocenters. The molecule has 0 unspecified atom stereocenters. The maximum absolute atomic E-state index is 13.0. The zero-order valence-electron chi connectivity index (χ0n) is 16.6. The molecule has 0 spiro atoms. The number of nitrogens with one attached hydrogen (secondary N) is 1. The molecule has 148 valence electrons. The minimum atomic E-state index is -0.469. The molecule has 4 rings (SSSR count). The molecule has 4 aromatic rings. The van der Waals surface area contributed by atoms with Gasteiger partial charge in [0.25, 0.3) is 11.5 Å². The third kappa shape index (κ3) is 3.00. The molecule has 0 aliphatic rings. The summed E-state index contributed by atoms with van der Waals surface area (Å²) >= 11 is 0. The molecule has 0 aliphatic heterocycles. The van der Waals surface area contributed by atoms with Crippen molar-refractivity contribution >= 4 is 22.6 Å². The molecule has 1 amide bonds. The second kappa shape index (κ2) is 7.01. The van der Waals surface area contributed by atoms with Gasteiger partial charge in [0.2, 0.25) is 0 Å². The second-order valence-corrected chi connectivity index (χ2v) is 6.81. The van der Waals surface area contributed by atoms with Crippen LogP contribution in [0.1, 0.15) is 21.8 Å². The molecule has 7 nitrogen and oxygen atoms in total. The quantitative estimate of drug-likeness (QED) is 0.574. The number of para-hydroxylation sites is 1. The number of methoxy groups -OCH3 is 1. The van der Waals surface area contributed by atoms with Gasteiger partial charge in [0.15, 0.2) is 5.76 Å². The van der Waals surface area contributed by atoms with Gasteiger partial charge in [-0.2, -0.15) is 0 Å². The highest BCUT2D eigenvalue weighted by molar-refractivity contribution is 6.06. The number of benzene rings is 2. The minimum Gasteiger partial charge on any atom is -0.497 e. The van der Waals surface area contributed by atoms with Gasteiger partial charge >= 0.3 is 0 Å². The predicted octanol–water partition coefficient (Wildman–Crippen LogP) is 3.80. The van der Waals surface area contributed by atoms with Gasteiger partial charge in [-0.1, -0.05) is 18.2 Å². The number of carbonyl (C=O) groups is 1. The molecule has 0 bridgehead atoms. The van der Waals surface area contributed by atoms with E-state index in [-0.39, 0.29) is 17.0 Å². The van der Waals surface area contributed by atoms with Crippen LogP contribution in [0.5, 0.6) is 5.75 Å². The molecule has 2 heterocycles. The first-order chi connectivity index (χ1) is 13.9. The number of rotatable bonds is 4. The van der Waals surface area contributed by atoms with Gasteiger partial charge in [0, 0.05) is 18.0 Å². The van der Waals surface area contributed by atoms with E-state index in [1.54, 1.807) is 44.8 Å². The van der Waals surface area contributed by atoms with E-state index in [0.29, 0.717) is 22.6 Å². The Bertz CT molecular complexity index is 1280. The molecule has 0 saturated carbocycles. The summed E-state index contributed by atoms with van der Waals surface area (Å²) in [5.74, 6) is 0.379. The molecule has 0 fully saturated rings. The first-order valence-corrected chi connectivity index (χ1v) is 9.15. The van der Waals surface area contributed by atoms with Crippen molar-refractivity contribution in [2.24, 2.45) is 7.05 Å². The Hall–Kier alpha value is -3.74. The average Bonchev–Trinajstić information content (AvgIpc) is 3.17. The van der Waals surface area contributed by atoms with Crippen LogP contribution >= 0.6 is 0 Å². The SMILES string of the molecule is COc1ccc2oc(C(=O)Nc3c(C)n(C)n(-c4ccccc4)c3=O)c(C)c2c1. The van der Waals surface area contributed by atoms with E-state index in [0.717, 1.165) is 11.1 Å². The van der Waals surface area contributed by atoms with E-state index >= 15 is 0 Å². The number of aromatic nitrogens is 2. The fraction of sp³-hybridized carbons (Fsp3) is 0.182.